The monoisotopic (exact) mass is 512 g/mol. The van der Waals surface area contributed by atoms with E-state index in [2.05, 4.69) is 52.6 Å². The van der Waals surface area contributed by atoms with Crippen LogP contribution in [0.15, 0.2) is 11.6 Å². The van der Waals surface area contributed by atoms with Gasteiger partial charge in [-0.25, -0.2) is 4.79 Å². The van der Waals surface area contributed by atoms with E-state index < -0.39 is 0 Å². The van der Waals surface area contributed by atoms with Crippen LogP contribution in [-0.4, -0.2) is 55.2 Å². The highest BCUT2D eigenvalue weighted by atomic mass is 16.6. The lowest BCUT2D eigenvalue weighted by molar-refractivity contribution is -0.0596. The number of nitrogens with zero attached hydrogens (tertiary/aromatic N) is 2. The fraction of sp³-hybridized carbons (Fsp3) is 0.909. The fourth-order valence-electron chi connectivity index (χ4n) is 9.96. The molecule has 0 aromatic rings. The van der Waals surface area contributed by atoms with Crippen molar-refractivity contribution in [2.24, 2.45) is 46.3 Å². The molecule has 3 saturated carbocycles. The maximum atomic E-state index is 12.9. The lowest BCUT2D eigenvalue weighted by Gasteiger charge is -2.58. The molecule has 4 fully saturated rings. The molecule has 8 unspecified atom stereocenters. The summed E-state index contributed by atoms with van der Waals surface area (Å²) < 4.78 is 6.10. The number of carbonyl (C=O) groups is 1. The fourth-order valence-corrected chi connectivity index (χ4v) is 9.96. The van der Waals surface area contributed by atoms with Crippen molar-refractivity contribution in [2.75, 3.05) is 33.2 Å². The van der Waals surface area contributed by atoms with Gasteiger partial charge < -0.3 is 14.5 Å². The summed E-state index contributed by atoms with van der Waals surface area (Å²) in [5, 5.41) is 0. The van der Waals surface area contributed by atoms with Gasteiger partial charge in [-0.2, -0.15) is 0 Å². The summed E-state index contributed by atoms with van der Waals surface area (Å²) in [7, 11) is 2.13. The summed E-state index contributed by atoms with van der Waals surface area (Å²) in [6.45, 7) is 16.1. The van der Waals surface area contributed by atoms with E-state index in [1.807, 2.05) is 4.90 Å². The molecule has 0 N–H and O–H groups in total. The number of rotatable bonds is 6. The summed E-state index contributed by atoms with van der Waals surface area (Å²) in [4.78, 5) is 17.1. The van der Waals surface area contributed by atoms with Gasteiger partial charge in [0.25, 0.3) is 0 Å². The minimum Gasteiger partial charge on any atom is -0.446 e. The van der Waals surface area contributed by atoms with Crippen molar-refractivity contribution in [3.05, 3.63) is 11.6 Å². The molecule has 4 aliphatic carbocycles. The summed E-state index contributed by atoms with van der Waals surface area (Å²) in [5.74, 6) is 5.24. The highest BCUT2D eigenvalue weighted by Crippen LogP contribution is 2.67. The first-order valence-electron chi connectivity index (χ1n) is 16.0. The second-order valence-corrected chi connectivity index (χ2v) is 14.8. The Kier molecular flexibility index (Phi) is 8.08. The van der Waals surface area contributed by atoms with Crippen molar-refractivity contribution in [1.82, 2.24) is 9.80 Å². The molecule has 1 aliphatic heterocycles. The third-order valence-corrected chi connectivity index (χ3v) is 12.3. The quantitative estimate of drug-likeness (QED) is 0.341. The van der Waals surface area contributed by atoms with Gasteiger partial charge in [0.05, 0.1) is 0 Å². The maximum Gasteiger partial charge on any atom is 0.410 e. The Morgan fingerprint density at radius 3 is 2.49 bits per heavy atom. The molecule has 4 nitrogen and oxygen atoms in total. The summed E-state index contributed by atoms with van der Waals surface area (Å²) >= 11 is 0. The zero-order valence-corrected chi connectivity index (χ0v) is 24.9. The van der Waals surface area contributed by atoms with Crippen LogP contribution in [0.25, 0.3) is 0 Å². The largest absolute Gasteiger partial charge is 0.446 e. The highest BCUT2D eigenvalue weighted by molar-refractivity contribution is 5.68. The van der Waals surface area contributed by atoms with E-state index in [-0.39, 0.29) is 12.2 Å². The Hall–Kier alpha value is -1.03. The van der Waals surface area contributed by atoms with Crippen molar-refractivity contribution >= 4 is 6.09 Å². The number of likely N-dealkylation sites (N-methyl/N-ethyl adjacent to an activating group) is 1. The topological polar surface area (TPSA) is 32.8 Å². The smallest absolute Gasteiger partial charge is 0.410 e. The maximum absolute atomic E-state index is 12.9. The van der Waals surface area contributed by atoms with Gasteiger partial charge in [0, 0.05) is 32.6 Å². The minimum absolute atomic E-state index is 0.0689. The number of fused-ring (bicyclic) bond motifs is 5. The van der Waals surface area contributed by atoms with E-state index in [0.717, 1.165) is 74.5 Å². The molecule has 4 heteroatoms. The van der Waals surface area contributed by atoms with Crippen molar-refractivity contribution < 1.29 is 9.53 Å². The Labute approximate surface area is 227 Å². The van der Waals surface area contributed by atoms with Gasteiger partial charge in [-0.15, -0.1) is 0 Å². The molecule has 0 aromatic heterocycles. The molecule has 1 saturated heterocycles. The minimum atomic E-state index is -0.0797. The molecular formula is C33H56N2O2. The third kappa shape index (κ3) is 5.27. The predicted octanol–water partition coefficient (Wildman–Crippen LogP) is 7.78. The van der Waals surface area contributed by atoms with Gasteiger partial charge >= 0.3 is 6.09 Å². The highest BCUT2D eigenvalue weighted by Gasteiger charge is 2.59. The van der Waals surface area contributed by atoms with Gasteiger partial charge in [-0.3, -0.25) is 0 Å². The van der Waals surface area contributed by atoms with Crippen LogP contribution in [-0.2, 0) is 4.74 Å². The molecule has 0 aromatic carbocycles. The second kappa shape index (κ2) is 10.9. The molecule has 5 aliphatic rings. The molecule has 210 valence electrons. The SMILES string of the molecule is CC(C)CCCC(C)C1CCC2C3CC=C4CC(OC(=O)N5CCN(C)CC5)CCC4(C)C3CCC12C. The molecule has 5 rings (SSSR count). The van der Waals surface area contributed by atoms with Crippen LogP contribution in [0, 0.1) is 46.3 Å². The first-order valence-corrected chi connectivity index (χ1v) is 16.0. The number of piperazine rings is 1. The average molecular weight is 513 g/mol. The third-order valence-electron chi connectivity index (χ3n) is 12.3. The number of carbonyl (C=O) groups excluding carboxylic acids is 1. The number of hydrogen-bond acceptors (Lipinski definition) is 3. The molecule has 37 heavy (non-hydrogen) atoms. The standard InChI is InChI=1S/C33H56N2O2/c1-23(2)8-7-9-24(3)28-12-13-29-27-11-10-25-22-26(37-31(36)35-20-18-34(6)19-21-35)14-16-32(25,4)30(27)15-17-33(28,29)5/h10,23-24,26-30H,7-9,11-22H2,1-6H3. The van der Waals surface area contributed by atoms with Gasteiger partial charge in [-0.1, -0.05) is 65.5 Å². The number of ether oxygens (including phenoxy) is 1. The van der Waals surface area contributed by atoms with Crippen LogP contribution in [0.4, 0.5) is 4.79 Å². The van der Waals surface area contributed by atoms with Crippen LogP contribution in [0.2, 0.25) is 0 Å². The second-order valence-electron chi connectivity index (χ2n) is 14.8. The Bertz CT molecular complexity index is 845. The van der Waals surface area contributed by atoms with E-state index in [4.69, 9.17) is 4.74 Å². The van der Waals surface area contributed by atoms with Gasteiger partial charge in [-0.05, 0) is 98.3 Å². The van der Waals surface area contributed by atoms with E-state index in [0.29, 0.717) is 10.8 Å². The first-order chi connectivity index (χ1) is 17.6. The summed E-state index contributed by atoms with van der Waals surface area (Å²) in [5.41, 5.74) is 2.49. The number of allylic oxidation sites excluding steroid dienone is 1. The molecular weight excluding hydrogens is 456 g/mol. The van der Waals surface area contributed by atoms with E-state index in [1.54, 1.807) is 5.57 Å². The molecule has 1 heterocycles. The van der Waals surface area contributed by atoms with Crippen LogP contribution >= 0.6 is 0 Å². The average Bonchev–Trinajstić information content (AvgIpc) is 3.21. The normalized spacial score (nSPS) is 41.0. The molecule has 8 atom stereocenters. The van der Waals surface area contributed by atoms with E-state index in [9.17, 15) is 4.79 Å². The predicted molar refractivity (Wildman–Crippen MR) is 152 cm³/mol. The van der Waals surface area contributed by atoms with Gasteiger partial charge in [0.2, 0.25) is 0 Å². The zero-order chi connectivity index (χ0) is 26.4. The molecule has 0 radical (unpaired) electrons. The Morgan fingerprint density at radius 1 is 1.00 bits per heavy atom. The zero-order valence-electron chi connectivity index (χ0n) is 24.9. The van der Waals surface area contributed by atoms with Crippen LogP contribution in [0.5, 0.6) is 0 Å². The first kappa shape index (κ1) is 27.5. The van der Waals surface area contributed by atoms with Crippen LogP contribution in [0.3, 0.4) is 0 Å². The van der Waals surface area contributed by atoms with E-state index >= 15 is 0 Å². The number of hydrogen-bond donors (Lipinski definition) is 0. The van der Waals surface area contributed by atoms with Crippen LogP contribution < -0.4 is 0 Å². The molecule has 0 spiro atoms. The van der Waals surface area contributed by atoms with Crippen molar-refractivity contribution in [3.8, 4) is 0 Å². The lowest BCUT2D eigenvalue weighted by Crippen LogP contribution is -2.51. The number of amides is 1. The summed E-state index contributed by atoms with van der Waals surface area (Å²) in [6.07, 6.45) is 17.1. The molecule has 1 amide bonds. The van der Waals surface area contributed by atoms with Gasteiger partial charge in [0.1, 0.15) is 6.10 Å². The van der Waals surface area contributed by atoms with E-state index in [1.165, 1.54) is 57.8 Å². The van der Waals surface area contributed by atoms with Crippen molar-refractivity contribution in [2.45, 2.75) is 111 Å². The van der Waals surface area contributed by atoms with Crippen molar-refractivity contribution in [1.29, 1.82) is 0 Å². The lowest BCUT2D eigenvalue weighted by atomic mass is 9.47. The van der Waals surface area contributed by atoms with Crippen molar-refractivity contribution in [3.63, 3.8) is 0 Å². The Morgan fingerprint density at radius 2 is 1.76 bits per heavy atom. The molecule has 0 bridgehead atoms. The van der Waals surface area contributed by atoms with Gasteiger partial charge in [0.15, 0.2) is 0 Å². The summed E-state index contributed by atoms with van der Waals surface area (Å²) in [6, 6.07) is 0. The Balaban J connectivity index is 1.22. The van der Waals surface area contributed by atoms with Crippen LogP contribution in [0.1, 0.15) is 105 Å².